The first-order valence-electron chi connectivity index (χ1n) is 8.95. The van der Waals surface area contributed by atoms with Crippen LogP contribution in [0.15, 0.2) is 29.3 Å². The molecule has 3 heterocycles. The molecule has 0 saturated carbocycles. The number of hydrogen-bond acceptors (Lipinski definition) is 8. The van der Waals surface area contributed by atoms with Crippen LogP contribution in [0.5, 0.6) is 0 Å². The van der Waals surface area contributed by atoms with E-state index in [4.69, 9.17) is 5.73 Å². The Kier molecular flexibility index (Phi) is 5.85. The smallest absolute Gasteiger partial charge is 0.368 e. The molecule has 0 saturated heterocycles. The second-order valence-corrected chi connectivity index (χ2v) is 8.73. The Bertz CT molecular complexity index is 1270. The molecule has 0 aliphatic carbocycles. The number of nitrogens with zero attached hydrogens (tertiary/aromatic N) is 5. The summed E-state index contributed by atoms with van der Waals surface area (Å²) in [5.41, 5.74) is 6.01. The van der Waals surface area contributed by atoms with Gasteiger partial charge in [-0.3, -0.25) is 14.1 Å². The first-order chi connectivity index (χ1) is 14.4. The molecule has 0 aliphatic heterocycles. The number of nitrogens with one attached hydrogen (secondary N) is 1. The number of hydrogen-bond donors (Lipinski definition) is 2. The quantitative estimate of drug-likeness (QED) is 0.572. The van der Waals surface area contributed by atoms with Gasteiger partial charge < -0.3 is 5.73 Å². The number of nitrogens with two attached hydrogens (primary N) is 1. The van der Waals surface area contributed by atoms with E-state index in [1.54, 1.807) is 13.8 Å². The number of nitrogen functional groups attached to an aromatic ring is 1. The van der Waals surface area contributed by atoms with E-state index in [9.17, 15) is 26.4 Å². The average Bonchev–Trinajstić information content (AvgIpc) is 2.66. The van der Waals surface area contributed by atoms with E-state index in [0.29, 0.717) is 5.52 Å². The largest absolute Gasteiger partial charge is 0.390 e. The summed E-state index contributed by atoms with van der Waals surface area (Å²) < 4.78 is 63.8. The van der Waals surface area contributed by atoms with Crippen molar-refractivity contribution in [3.63, 3.8) is 0 Å². The molecule has 3 N–H and O–H groups in total. The molecule has 0 aliphatic rings. The van der Waals surface area contributed by atoms with Crippen molar-refractivity contribution in [3.8, 4) is 11.3 Å². The highest BCUT2D eigenvalue weighted by Crippen LogP contribution is 2.22. The van der Waals surface area contributed by atoms with Crippen LogP contribution in [0, 0.1) is 0 Å². The van der Waals surface area contributed by atoms with Crippen LogP contribution in [-0.4, -0.2) is 44.8 Å². The molecule has 0 fully saturated rings. The molecular weight excluding hydrogens is 439 g/mol. The third-order valence-corrected chi connectivity index (χ3v) is 5.38. The molecule has 3 aromatic rings. The highest BCUT2D eigenvalue weighted by Gasteiger charge is 2.30. The van der Waals surface area contributed by atoms with Gasteiger partial charge in [-0.25, -0.2) is 23.4 Å². The van der Waals surface area contributed by atoms with E-state index in [2.05, 4.69) is 19.9 Å². The van der Waals surface area contributed by atoms with Crippen molar-refractivity contribution in [2.24, 2.45) is 0 Å². The maximum absolute atomic E-state index is 13.0. The number of alkyl halides is 3. The van der Waals surface area contributed by atoms with Gasteiger partial charge in [0, 0.05) is 17.8 Å². The van der Waals surface area contributed by atoms with Gasteiger partial charge in [0.2, 0.25) is 16.0 Å². The van der Waals surface area contributed by atoms with Crippen LogP contribution >= 0.6 is 0 Å². The molecule has 166 valence electrons. The molecule has 0 unspecified atom stereocenters. The van der Waals surface area contributed by atoms with E-state index in [1.165, 1.54) is 29.1 Å². The van der Waals surface area contributed by atoms with Crippen molar-refractivity contribution >= 4 is 33.0 Å². The summed E-state index contributed by atoms with van der Waals surface area (Å²) >= 11 is 0. The maximum atomic E-state index is 13.0. The second-order valence-electron chi connectivity index (χ2n) is 6.88. The van der Waals surface area contributed by atoms with Crippen molar-refractivity contribution in [2.45, 2.75) is 32.5 Å². The van der Waals surface area contributed by atoms with Crippen LogP contribution in [0.25, 0.3) is 22.4 Å². The van der Waals surface area contributed by atoms with Crippen LogP contribution in [-0.2, 0) is 10.0 Å². The fourth-order valence-electron chi connectivity index (χ4n) is 2.74. The van der Waals surface area contributed by atoms with Crippen LogP contribution < -0.4 is 16.0 Å². The van der Waals surface area contributed by atoms with Gasteiger partial charge in [0.25, 0.3) is 5.56 Å². The number of halogens is 3. The van der Waals surface area contributed by atoms with E-state index < -0.39 is 33.9 Å². The molecule has 3 aromatic heterocycles. The van der Waals surface area contributed by atoms with Gasteiger partial charge in [-0.15, -0.1) is 0 Å². The third-order valence-electron chi connectivity index (χ3n) is 4.12. The molecule has 0 amide bonds. The van der Waals surface area contributed by atoms with Crippen LogP contribution in [0.1, 0.15) is 26.3 Å². The number of fused-ring (bicyclic) bond motifs is 1. The first kappa shape index (κ1) is 22.4. The topological polar surface area (TPSA) is 146 Å². The predicted octanol–water partition coefficient (Wildman–Crippen LogP) is 2.11. The van der Waals surface area contributed by atoms with E-state index in [-0.39, 0.29) is 34.7 Å². The zero-order chi connectivity index (χ0) is 23.0. The third kappa shape index (κ3) is 5.25. The highest BCUT2D eigenvalue weighted by molar-refractivity contribution is 7.92. The zero-order valence-corrected chi connectivity index (χ0v) is 17.2. The van der Waals surface area contributed by atoms with Gasteiger partial charge in [-0.1, -0.05) is 0 Å². The van der Waals surface area contributed by atoms with Crippen molar-refractivity contribution < 1.29 is 21.6 Å². The minimum Gasteiger partial charge on any atom is -0.368 e. The van der Waals surface area contributed by atoms with E-state index in [0.717, 1.165) is 0 Å². The fraction of sp³-hybridized carbons (Fsp3) is 0.353. The minimum absolute atomic E-state index is 0.0142. The van der Waals surface area contributed by atoms with Gasteiger partial charge in [-0.2, -0.15) is 18.2 Å². The Morgan fingerprint density at radius 1 is 1.16 bits per heavy atom. The van der Waals surface area contributed by atoms with Gasteiger partial charge in [-0.05, 0) is 26.0 Å². The summed E-state index contributed by atoms with van der Waals surface area (Å²) in [4.78, 5) is 29.1. The second kappa shape index (κ2) is 8.09. The maximum Gasteiger partial charge on any atom is 0.390 e. The lowest BCUT2D eigenvalue weighted by Gasteiger charge is -2.14. The Balaban J connectivity index is 1.95. The molecule has 10 nitrogen and oxygen atoms in total. The summed E-state index contributed by atoms with van der Waals surface area (Å²) in [5.74, 6) is -1.33. The first-order valence-corrected chi connectivity index (χ1v) is 10.6. The lowest BCUT2D eigenvalue weighted by Crippen LogP contribution is -2.26. The minimum atomic E-state index is -4.60. The lowest BCUT2D eigenvalue weighted by molar-refractivity contribution is -0.129. The number of rotatable bonds is 6. The summed E-state index contributed by atoms with van der Waals surface area (Å²) in [6.07, 6.45) is -3.52. The zero-order valence-electron chi connectivity index (χ0n) is 16.4. The molecule has 31 heavy (non-hydrogen) atoms. The van der Waals surface area contributed by atoms with Crippen LogP contribution in [0.3, 0.4) is 0 Å². The standard InChI is InChI=1S/C17H18F3N7O3S/c1-9(2)27-14-11(8-23-16(21)25-14)24-13(15(27)28)10-3-4-12(22-7-10)26-31(29,30)6-5-17(18,19)20/h3-4,7-9H,5-6H2,1-2H3,(H,22,26)(H2,21,23,25). The van der Waals surface area contributed by atoms with E-state index in [1.807, 2.05) is 4.72 Å². The number of sulfonamides is 1. The summed E-state index contributed by atoms with van der Waals surface area (Å²) in [6.45, 7) is 3.56. The van der Waals surface area contributed by atoms with Crippen LogP contribution in [0.2, 0.25) is 0 Å². The molecule has 0 spiro atoms. The van der Waals surface area contributed by atoms with Gasteiger partial charge in [0.15, 0.2) is 5.65 Å². The average molecular weight is 457 g/mol. The van der Waals surface area contributed by atoms with Gasteiger partial charge in [0.05, 0.1) is 18.4 Å². The molecule has 0 bridgehead atoms. The van der Waals surface area contributed by atoms with Crippen molar-refractivity contribution in [1.29, 1.82) is 0 Å². The number of anilines is 2. The molecule has 0 atom stereocenters. The van der Waals surface area contributed by atoms with Gasteiger partial charge in [0.1, 0.15) is 17.0 Å². The molecule has 0 radical (unpaired) electrons. The van der Waals surface area contributed by atoms with Crippen LogP contribution in [0.4, 0.5) is 24.9 Å². The normalized spacial score (nSPS) is 12.5. The van der Waals surface area contributed by atoms with Crippen molar-refractivity contribution in [2.75, 3.05) is 16.2 Å². The Morgan fingerprint density at radius 2 is 1.87 bits per heavy atom. The Labute approximate surface area is 174 Å². The highest BCUT2D eigenvalue weighted by atomic mass is 32.2. The molecule has 0 aromatic carbocycles. The number of pyridine rings is 1. The Morgan fingerprint density at radius 3 is 2.45 bits per heavy atom. The molecule has 14 heteroatoms. The summed E-state index contributed by atoms with van der Waals surface area (Å²) in [6, 6.07) is 2.33. The number of aromatic nitrogens is 5. The predicted molar refractivity (Wildman–Crippen MR) is 108 cm³/mol. The lowest BCUT2D eigenvalue weighted by atomic mass is 10.2. The monoisotopic (exact) mass is 457 g/mol. The van der Waals surface area contributed by atoms with Gasteiger partial charge >= 0.3 is 6.18 Å². The van der Waals surface area contributed by atoms with Crippen molar-refractivity contribution in [1.82, 2.24) is 24.5 Å². The van der Waals surface area contributed by atoms with Crippen molar-refractivity contribution in [3.05, 3.63) is 34.9 Å². The van der Waals surface area contributed by atoms with E-state index >= 15 is 0 Å². The Hall–Kier alpha value is -3.29. The molecular formula is C17H18F3N7O3S. The summed E-state index contributed by atoms with van der Waals surface area (Å²) in [7, 11) is -4.25. The SMILES string of the molecule is CC(C)n1c(=O)c(-c2ccc(NS(=O)(=O)CCC(F)(F)F)nc2)nc2cnc(N)nc21. The summed E-state index contributed by atoms with van der Waals surface area (Å²) in [5, 5.41) is 0. The molecule has 3 rings (SSSR count). The fourth-order valence-corrected chi connectivity index (χ4v) is 3.78.